The number of Topliss-reactive ketones (excluding diaryl/α,β-unsaturated/α-hetero) is 1. The number of anilines is 1. The largest absolute Gasteiger partial charge is 0.360 e. The van der Waals surface area contributed by atoms with E-state index in [4.69, 9.17) is 12.9 Å². The highest BCUT2D eigenvalue weighted by Crippen LogP contribution is 2.27. The summed E-state index contributed by atoms with van der Waals surface area (Å²) in [5.41, 5.74) is 0.562. The number of carbonyl (C=O) groups is 1. The zero-order valence-corrected chi connectivity index (χ0v) is 18.7. The molecule has 0 saturated heterocycles. The molecule has 1 atom stereocenters. The maximum Gasteiger partial charge on any atom is 0.295 e. The minimum atomic E-state index is -3.34. The van der Waals surface area contributed by atoms with Crippen molar-refractivity contribution in [2.45, 2.75) is 43.7 Å². The second-order valence-corrected chi connectivity index (χ2v) is 9.72. The summed E-state index contributed by atoms with van der Waals surface area (Å²) < 4.78 is 30.4. The number of rotatable bonds is 6. The van der Waals surface area contributed by atoms with Crippen LogP contribution < -0.4 is 10.9 Å². The molecule has 166 valence electrons. The number of nitrogens with one attached hydrogen (secondary N) is 1. The van der Waals surface area contributed by atoms with Crippen LogP contribution in [0, 0.1) is 0 Å². The van der Waals surface area contributed by atoms with Crippen LogP contribution in [-0.2, 0) is 21.2 Å². The van der Waals surface area contributed by atoms with Crippen molar-refractivity contribution < 1.29 is 13.2 Å². The standard InChI is InChI=1S/C19H19ClN6O4S.BH/c1-2-31(29,30)12-7-6-11(21-9-12)8-22-16-18(28)26(14-4-3-5-15(14)27)17-13(24-16)10-23-19(20)25-17;/h6-7,9-10,14H,2-5,8H2,1H3,(H,22,24);1H/i;1T. The highest BCUT2D eigenvalue weighted by molar-refractivity contribution is 7.91. The van der Waals surface area contributed by atoms with Crippen LogP contribution in [0.2, 0.25) is 5.28 Å². The molecule has 3 heterocycles. The molecule has 1 fully saturated rings. The van der Waals surface area contributed by atoms with Crippen molar-refractivity contribution in [2.75, 3.05) is 11.1 Å². The smallest absolute Gasteiger partial charge is 0.295 e. The fourth-order valence-corrected chi connectivity index (χ4v) is 4.45. The van der Waals surface area contributed by atoms with Crippen LogP contribution >= 0.6 is 11.6 Å². The minimum absolute atomic E-state index is 0.0151. The molecule has 0 spiro atoms. The average Bonchev–Trinajstić information content (AvgIpc) is 3.24. The first-order valence-electron chi connectivity index (χ1n) is 10.3. The number of pyridine rings is 1. The van der Waals surface area contributed by atoms with Gasteiger partial charge in [0.1, 0.15) is 5.52 Å². The van der Waals surface area contributed by atoms with E-state index in [9.17, 15) is 18.0 Å². The third kappa shape index (κ3) is 4.51. The Morgan fingerprint density at radius 2 is 2.03 bits per heavy atom. The van der Waals surface area contributed by atoms with E-state index in [1.165, 1.54) is 23.0 Å². The van der Waals surface area contributed by atoms with Crippen LogP contribution in [0.15, 0.2) is 34.2 Å². The van der Waals surface area contributed by atoms with Crippen LogP contribution in [0.25, 0.3) is 11.2 Å². The van der Waals surface area contributed by atoms with E-state index < -0.39 is 21.4 Å². The number of fused-ring (bicyclic) bond motifs is 1. The Kier molecular flexibility index (Phi) is 6.51. The van der Waals surface area contributed by atoms with Gasteiger partial charge >= 0.3 is 0 Å². The molecular formula is C19H20BClN6O4S. The average molecular weight is 477 g/mol. The predicted molar refractivity (Wildman–Crippen MR) is 121 cm³/mol. The molecule has 2 radical (unpaired) electrons. The van der Waals surface area contributed by atoms with Crippen molar-refractivity contribution in [1.29, 1.82) is 1.34 Å². The number of carbonyl (C=O) groups excluding carboxylic acids is 1. The third-order valence-corrected chi connectivity index (χ3v) is 7.06. The van der Waals surface area contributed by atoms with Gasteiger partial charge in [0.15, 0.2) is 27.1 Å². The summed E-state index contributed by atoms with van der Waals surface area (Å²) in [4.78, 5) is 42.1. The van der Waals surface area contributed by atoms with Crippen molar-refractivity contribution >= 4 is 52.6 Å². The Bertz CT molecular complexity index is 1340. The van der Waals surface area contributed by atoms with Gasteiger partial charge in [-0.25, -0.2) is 18.4 Å². The summed E-state index contributed by atoms with van der Waals surface area (Å²) in [6, 6.07) is 2.42. The fraction of sp³-hybridized carbons (Fsp3) is 0.368. The lowest BCUT2D eigenvalue weighted by molar-refractivity contribution is -0.120. The van der Waals surface area contributed by atoms with E-state index in [0.29, 0.717) is 30.5 Å². The van der Waals surface area contributed by atoms with Crippen molar-refractivity contribution in [1.82, 2.24) is 24.5 Å². The first-order chi connectivity index (χ1) is 15.8. The number of aromatic nitrogens is 5. The van der Waals surface area contributed by atoms with E-state index in [2.05, 4.69) is 33.6 Å². The number of nitrogens with zero attached hydrogens (tertiary/aromatic N) is 5. The summed E-state index contributed by atoms with van der Waals surface area (Å²) >= 11 is 5.91. The quantitative estimate of drug-likeness (QED) is 0.412. The van der Waals surface area contributed by atoms with Crippen LogP contribution in [-0.4, -0.2) is 54.2 Å². The molecule has 0 aromatic carbocycles. The lowest BCUT2D eigenvalue weighted by Gasteiger charge is -2.16. The lowest BCUT2D eigenvalue weighted by Crippen LogP contribution is -2.31. The number of hydrogen-bond donors (Lipinski definition) is 1. The molecule has 0 aliphatic heterocycles. The summed E-state index contributed by atoms with van der Waals surface area (Å²) in [7, 11) is 0.408. The van der Waals surface area contributed by atoms with E-state index in [0.717, 1.165) is 0 Å². The first kappa shape index (κ1) is 22.3. The van der Waals surface area contributed by atoms with Crippen LogP contribution in [0.4, 0.5) is 5.82 Å². The van der Waals surface area contributed by atoms with Gasteiger partial charge in [-0.15, -0.1) is 0 Å². The predicted octanol–water partition coefficient (Wildman–Crippen LogP) is 1.29. The van der Waals surface area contributed by atoms with Crippen molar-refractivity contribution in [3.05, 3.63) is 45.9 Å². The van der Waals surface area contributed by atoms with Gasteiger partial charge in [0, 0.05) is 21.0 Å². The fourth-order valence-electron chi connectivity index (χ4n) is 3.50. The molecule has 3 aromatic rings. The molecule has 0 bridgehead atoms. The van der Waals surface area contributed by atoms with Gasteiger partial charge in [-0.3, -0.25) is 19.1 Å². The maximum atomic E-state index is 13.2. The molecule has 10 nitrogen and oxygen atoms in total. The zero-order chi connectivity index (χ0) is 24.2. The van der Waals surface area contributed by atoms with Gasteiger partial charge in [0.2, 0.25) is 5.28 Å². The summed E-state index contributed by atoms with van der Waals surface area (Å²) in [5.74, 6) is -0.0337. The summed E-state index contributed by atoms with van der Waals surface area (Å²) in [5, 5.41) is 2.89. The number of hydrogen-bond acceptors (Lipinski definition) is 9. The minimum Gasteiger partial charge on any atom is -0.360 e. The molecular weight excluding hydrogens is 455 g/mol. The highest BCUT2D eigenvalue weighted by atomic mass is 35.5. The monoisotopic (exact) mass is 476 g/mol. The number of ketones is 1. The molecule has 1 unspecified atom stereocenters. The van der Waals surface area contributed by atoms with E-state index in [1.807, 2.05) is 0 Å². The number of halogens is 1. The third-order valence-electron chi connectivity index (χ3n) is 5.16. The van der Waals surface area contributed by atoms with Crippen LogP contribution in [0.5, 0.6) is 0 Å². The molecule has 1 saturated carbocycles. The van der Waals surface area contributed by atoms with Crippen LogP contribution in [0.3, 0.4) is 0 Å². The zero-order valence-electron chi connectivity index (χ0n) is 18.2. The van der Waals surface area contributed by atoms with Gasteiger partial charge in [-0.1, -0.05) is 6.92 Å². The first-order valence-corrected chi connectivity index (χ1v) is 11.7. The molecule has 4 rings (SSSR count). The van der Waals surface area contributed by atoms with Gasteiger partial charge in [0.25, 0.3) is 5.56 Å². The number of sulfone groups is 1. The molecule has 1 aliphatic rings. The Morgan fingerprint density at radius 3 is 2.66 bits per heavy atom. The lowest BCUT2D eigenvalue weighted by atomic mass is 10.2. The van der Waals surface area contributed by atoms with E-state index in [-0.39, 0.29) is 39.7 Å². The molecule has 1 aliphatic carbocycles. The van der Waals surface area contributed by atoms with Gasteiger partial charge in [-0.2, -0.15) is 4.98 Å². The summed E-state index contributed by atoms with van der Waals surface area (Å²) in [6.07, 6.45) is 4.31. The van der Waals surface area contributed by atoms with Gasteiger partial charge < -0.3 is 5.32 Å². The van der Waals surface area contributed by atoms with Crippen molar-refractivity contribution in [3.63, 3.8) is 0 Å². The Labute approximate surface area is 192 Å². The van der Waals surface area contributed by atoms with Gasteiger partial charge in [0.05, 0.1) is 35.1 Å². The Morgan fingerprint density at radius 1 is 1.25 bits per heavy atom. The molecule has 3 aromatic heterocycles. The van der Waals surface area contributed by atoms with Crippen LogP contribution in [0.1, 0.15) is 37.9 Å². The normalized spacial score (nSPS) is 16.4. The maximum absolute atomic E-state index is 13.2. The van der Waals surface area contributed by atoms with Crippen molar-refractivity contribution in [3.8, 4) is 0 Å². The Balaban J connectivity index is 0.00000149. The van der Waals surface area contributed by atoms with Gasteiger partial charge in [-0.05, 0) is 37.9 Å². The van der Waals surface area contributed by atoms with E-state index in [1.54, 1.807) is 13.0 Å². The summed E-state index contributed by atoms with van der Waals surface area (Å²) in [6.45, 7) is 1.69. The second kappa shape index (κ2) is 9.33. The second-order valence-electron chi connectivity index (χ2n) is 7.10. The highest BCUT2D eigenvalue weighted by Gasteiger charge is 2.30. The molecule has 1 N–H and O–H groups in total. The van der Waals surface area contributed by atoms with E-state index >= 15 is 0 Å². The molecule has 32 heavy (non-hydrogen) atoms. The molecule has 13 heteroatoms. The molecule has 0 amide bonds. The Hall–Kier alpha value is -2.86. The van der Waals surface area contributed by atoms with Crippen molar-refractivity contribution in [2.24, 2.45) is 0 Å². The SMILES string of the molecule is CCS(=O)(=O)c1ccc(CNc2nc3cnc(Cl)nc3n(C3CCCC3=O)c2=O)nc1.[3H][B]. The topological polar surface area (TPSA) is 137 Å².